The normalized spacial score (nSPS) is 16.2. The first kappa shape index (κ1) is 15.3. The first-order valence-electron chi connectivity index (χ1n) is 6.33. The standard InChI is InChI=1S/C13H15BrN4O.ClH/c14-8-1-2-11-10(7-8)12(17-16-11)13(19)18-5-3-9(15)4-6-18;/h1-2,7,9H,3-6,15H2,(H,16,17);1H. The molecule has 108 valence electrons. The van der Waals surface area contributed by atoms with Gasteiger partial charge in [-0.05, 0) is 31.0 Å². The molecule has 7 heteroatoms. The van der Waals surface area contributed by atoms with Crippen LogP contribution in [0.1, 0.15) is 23.3 Å². The summed E-state index contributed by atoms with van der Waals surface area (Å²) in [5, 5.41) is 7.92. The van der Waals surface area contributed by atoms with Crippen LogP contribution in [0, 0.1) is 0 Å². The number of piperidine rings is 1. The molecule has 2 aromatic rings. The fraction of sp³-hybridized carbons (Fsp3) is 0.385. The second-order valence-corrected chi connectivity index (χ2v) is 5.81. The van der Waals surface area contributed by atoms with Gasteiger partial charge in [-0.25, -0.2) is 0 Å². The third kappa shape index (κ3) is 2.82. The van der Waals surface area contributed by atoms with E-state index < -0.39 is 0 Å². The van der Waals surface area contributed by atoms with Gasteiger partial charge in [-0.15, -0.1) is 12.4 Å². The van der Waals surface area contributed by atoms with E-state index in [1.54, 1.807) is 0 Å². The molecule has 1 amide bonds. The number of nitrogens with one attached hydrogen (secondary N) is 1. The summed E-state index contributed by atoms with van der Waals surface area (Å²) in [5.74, 6) is -0.0174. The summed E-state index contributed by atoms with van der Waals surface area (Å²) in [4.78, 5) is 14.3. The van der Waals surface area contributed by atoms with E-state index in [0.717, 1.165) is 28.2 Å². The predicted octanol–water partition coefficient (Wildman–Crippen LogP) is 2.31. The van der Waals surface area contributed by atoms with Crippen molar-refractivity contribution in [3.63, 3.8) is 0 Å². The minimum atomic E-state index is -0.0174. The molecule has 1 aliphatic heterocycles. The van der Waals surface area contributed by atoms with Crippen molar-refractivity contribution in [2.45, 2.75) is 18.9 Å². The third-order valence-corrected chi connectivity index (χ3v) is 4.05. The Morgan fingerprint density at radius 3 is 2.80 bits per heavy atom. The lowest BCUT2D eigenvalue weighted by molar-refractivity contribution is 0.0710. The van der Waals surface area contributed by atoms with Crippen LogP contribution in [-0.4, -0.2) is 40.1 Å². The molecule has 5 nitrogen and oxygen atoms in total. The molecule has 1 aromatic heterocycles. The molecule has 20 heavy (non-hydrogen) atoms. The van der Waals surface area contributed by atoms with Crippen LogP contribution < -0.4 is 5.73 Å². The van der Waals surface area contributed by atoms with Gasteiger partial charge < -0.3 is 10.6 Å². The smallest absolute Gasteiger partial charge is 0.274 e. The van der Waals surface area contributed by atoms with E-state index in [1.165, 1.54) is 0 Å². The number of nitrogens with two attached hydrogens (primary N) is 1. The van der Waals surface area contributed by atoms with Crippen LogP contribution in [-0.2, 0) is 0 Å². The summed E-state index contributed by atoms with van der Waals surface area (Å²) in [6, 6.07) is 5.97. The van der Waals surface area contributed by atoms with Crippen LogP contribution in [0.25, 0.3) is 10.9 Å². The minimum absolute atomic E-state index is 0. The molecule has 1 aromatic carbocycles. The van der Waals surface area contributed by atoms with Crippen molar-refractivity contribution in [1.82, 2.24) is 15.1 Å². The number of halogens is 2. The topological polar surface area (TPSA) is 75.0 Å². The zero-order valence-electron chi connectivity index (χ0n) is 10.8. The Bertz CT molecular complexity index is 622. The quantitative estimate of drug-likeness (QED) is 0.820. The zero-order valence-corrected chi connectivity index (χ0v) is 13.2. The fourth-order valence-electron chi connectivity index (χ4n) is 2.40. The first-order valence-corrected chi connectivity index (χ1v) is 7.13. The fourth-order valence-corrected chi connectivity index (χ4v) is 2.76. The predicted molar refractivity (Wildman–Crippen MR) is 84.2 cm³/mol. The van der Waals surface area contributed by atoms with Gasteiger partial charge in [0, 0.05) is 29.0 Å². The number of carbonyl (C=O) groups excluding carboxylic acids is 1. The molecule has 1 saturated heterocycles. The largest absolute Gasteiger partial charge is 0.337 e. The van der Waals surface area contributed by atoms with Gasteiger partial charge in [-0.1, -0.05) is 15.9 Å². The van der Waals surface area contributed by atoms with Crippen LogP contribution in [0.3, 0.4) is 0 Å². The van der Waals surface area contributed by atoms with E-state index in [4.69, 9.17) is 5.73 Å². The van der Waals surface area contributed by atoms with Crippen LogP contribution in [0.2, 0.25) is 0 Å². The van der Waals surface area contributed by atoms with E-state index >= 15 is 0 Å². The summed E-state index contributed by atoms with van der Waals surface area (Å²) < 4.78 is 0.941. The first-order chi connectivity index (χ1) is 9.15. The Kier molecular flexibility index (Phi) is 4.67. The van der Waals surface area contributed by atoms with Gasteiger partial charge in [0.25, 0.3) is 5.91 Å². The van der Waals surface area contributed by atoms with E-state index in [0.29, 0.717) is 18.8 Å². The number of likely N-dealkylation sites (tertiary alicyclic amines) is 1. The maximum absolute atomic E-state index is 12.5. The lowest BCUT2D eigenvalue weighted by Gasteiger charge is -2.29. The molecule has 0 aliphatic carbocycles. The van der Waals surface area contributed by atoms with Crippen molar-refractivity contribution < 1.29 is 4.79 Å². The number of hydrogen-bond acceptors (Lipinski definition) is 3. The minimum Gasteiger partial charge on any atom is -0.337 e. The highest BCUT2D eigenvalue weighted by Crippen LogP contribution is 2.23. The summed E-state index contributed by atoms with van der Waals surface area (Å²) >= 11 is 3.42. The Morgan fingerprint density at radius 2 is 2.10 bits per heavy atom. The van der Waals surface area contributed by atoms with Crippen molar-refractivity contribution in [1.29, 1.82) is 0 Å². The summed E-state index contributed by atoms with van der Waals surface area (Å²) in [7, 11) is 0. The van der Waals surface area contributed by atoms with E-state index in [-0.39, 0.29) is 24.4 Å². The third-order valence-electron chi connectivity index (χ3n) is 3.55. The van der Waals surface area contributed by atoms with Crippen molar-refractivity contribution in [2.75, 3.05) is 13.1 Å². The lowest BCUT2D eigenvalue weighted by Crippen LogP contribution is -2.43. The number of rotatable bonds is 1. The van der Waals surface area contributed by atoms with Crippen molar-refractivity contribution >= 4 is 45.1 Å². The lowest BCUT2D eigenvalue weighted by atomic mass is 10.1. The summed E-state index contributed by atoms with van der Waals surface area (Å²) in [6.45, 7) is 1.42. The summed E-state index contributed by atoms with van der Waals surface area (Å²) in [5.41, 5.74) is 7.23. The summed E-state index contributed by atoms with van der Waals surface area (Å²) in [6.07, 6.45) is 1.72. The molecule has 0 atom stereocenters. The highest BCUT2D eigenvalue weighted by atomic mass is 79.9. The van der Waals surface area contributed by atoms with Gasteiger partial charge >= 0.3 is 0 Å². The second-order valence-electron chi connectivity index (χ2n) is 4.89. The molecule has 0 spiro atoms. The molecule has 3 rings (SSSR count). The van der Waals surface area contributed by atoms with Gasteiger partial charge in [0.2, 0.25) is 0 Å². The van der Waals surface area contributed by atoms with E-state index in [9.17, 15) is 4.79 Å². The highest BCUT2D eigenvalue weighted by molar-refractivity contribution is 9.10. The number of benzene rings is 1. The average Bonchev–Trinajstić information content (AvgIpc) is 2.81. The Morgan fingerprint density at radius 1 is 1.40 bits per heavy atom. The van der Waals surface area contributed by atoms with Crippen molar-refractivity contribution in [3.8, 4) is 0 Å². The Labute approximate surface area is 131 Å². The van der Waals surface area contributed by atoms with Gasteiger partial charge in [0.1, 0.15) is 0 Å². The Balaban J connectivity index is 0.00000147. The molecule has 1 fully saturated rings. The van der Waals surface area contributed by atoms with Crippen molar-refractivity contribution in [2.24, 2.45) is 5.73 Å². The molecule has 0 unspecified atom stereocenters. The van der Waals surface area contributed by atoms with Crippen LogP contribution in [0.4, 0.5) is 0 Å². The van der Waals surface area contributed by atoms with Crippen LogP contribution in [0.15, 0.2) is 22.7 Å². The van der Waals surface area contributed by atoms with Gasteiger partial charge in [0.05, 0.1) is 5.52 Å². The SMILES string of the molecule is Cl.NC1CCN(C(=O)c2n[nH]c3ccc(Br)cc23)CC1. The molecular formula is C13H16BrClN4O. The van der Waals surface area contributed by atoms with Crippen LogP contribution in [0.5, 0.6) is 0 Å². The molecule has 3 N–H and O–H groups in total. The number of aromatic amines is 1. The number of H-pyrrole nitrogens is 1. The van der Waals surface area contributed by atoms with Crippen LogP contribution >= 0.6 is 28.3 Å². The maximum Gasteiger partial charge on any atom is 0.274 e. The number of aromatic nitrogens is 2. The molecule has 0 saturated carbocycles. The van der Waals surface area contributed by atoms with E-state index in [1.807, 2.05) is 23.1 Å². The molecule has 0 radical (unpaired) electrons. The number of hydrogen-bond donors (Lipinski definition) is 2. The van der Waals surface area contributed by atoms with Crippen molar-refractivity contribution in [3.05, 3.63) is 28.4 Å². The number of carbonyl (C=O) groups is 1. The van der Waals surface area contributed by atoms with Gasteiger partial charge in [-0.2, -0.15) is 5.10 Å². The monoisotopic (exact) mass is 358 g/mol. The molecule has 2 heterocycles. The highest BCUT2D eigenvalue weighted by Gasteiger charge is 2.24. The molecule has 1 aliphatic rings. The second kappa shape index (κ2) is 6.11. The number of fused-ring (bicyclic) bond motifs is 1. The van der Waals surface area contributed by atoms with Gasteiger partial charge in [-0.3, -0.25) is 9.89 Å². The number of nitrogens with zero attached hydrogens (tertiary/aromatic N) is 2. The maximum atomic E-state index is 12.5. The average molecular weight is 360 g/mol. The van der Waals surface area contributed by atoms with Gasteiger partial charge in [0.15, 0.2) is 5.69 Å². The molecule has 0 bridgehead atoms. The zero-order chi connectivity index (χ0) is 13.4. The van der Waals surface area contributed by atoms with E-state index in [2.05, 4.69) is 26.1 Å². The number of amides is 1. The Hall–Kier alpha value is -1.11. The molecular weight excluding hydrogens is 344 g/mol.